The van der Waals surface area contributed by atoms with Crippen LogP contribution < -0.4 is 5.32 Å². The third kappa shape index (κ3) is 6.58. The second-order valence-electron chi connectivity index (χ2n) is 6.09. The van der Waals surface area contributed by atoms with Crippen LogP contribution in [0.1, 0.15) is 37.4 Å². The molecule has 1 aromatic heterocycles. The molecule has 1 aromatic carbocycles. The molecule has 2 aromatic rings. The van der Waals surface area contributed by atoms with Crippen molar-refractivity contribution in [2.45, 2.75) is 51.8 Å². The van der Waals surface area contributed by atoms with E-state index in [1.54, 1.807) is 6.20 Å². The van der Waals surface area contributed by atoms with Crippen molar-refractivity contribution < 1.29 is 19.4 Å². The second-order valence-corrected chi connectivity index (χ2v) is 6.09. The van der Waals surface area contributed by atoms with Crippen molar-refractivity contribution in [3.05, 3.63) is 53.9 Å². The molecule has 0 aliphatic carbocycles. The molecular formula is C19H25N3O4. The largest absolute Gasteiger partial charge is 0.481 e. The number of aliphatic carboxylic acids is 1. The first-order chi connectivity index (χ1) is 12.6. The molecule has 1 atom stereocenters. The maximum atomic E-state index is 12.1. The van der Waals surface area contributed by atoms with Crippen molar-refractivity contribution in [3.63, 3.8) is 0 Å². The molecule has 7 nitrogen and oxygen atoms in total. The molecule has 1 unspecified atom stereocenters. The summed E-state index contributed by atoms with van der Waals surface area (Å²) < 4.78 is 7.12. The van der Waals surface area contributed by atoms with Crippen molar-refractivity contribution in [1.29, 1.82) is 0 Å². The Balaban J connectivity index is 1.93. The zero-order chi connectivity index (χ0) is 18.8. The average Bonchev–Trinajstić information content (AvgIpc) is 3.06. The topological polar surface area (TPSA) is 93.5 Å². The lowest BCUT2D eigenvalue weighted by Gasteiger charge is -2.18. The van der Waals surface area contributed by atoms with Crippen LogP contribution in [-0.4, -0.2) is 33.0 Å². The van der Waals surface area contributed by atoms with Gasteiger partial charge in [0.1, 0.15) is 6.61 Å². The van der Waals surface area contributed by atoms with Crippen LogP contribution in [0.4, 0.5) is 4.79 Å². The van der Waals surface area contributed by atoms with E-state index in [1.165, 1.54) is 0 Å². The van der Waals surface area contributed by atoms with Crippen LogP contribution in [-0.2, 0) is 29.1 Å². The number of ether oxygens (including phenoxy) is 1. The highest BCUT2D eigenvalue weighted by molar-refractivity contribution is 5.68. The Morgan fingerprint density at radius 3 is 2.73 bits per heavy atom. The van der Waals surface area contributed by atoms with Gasteiger partial charge in [-0.25, -0.2) is 4.79 Å². The molecule has 7 heteroatoms. The monoisotopic (exact) mass is 359 g/mol. The van der Waals surface area contributed by atoms with Gasteiger partial charge in [0.15, 0.2) is 0 Å². The van der Waals surface area contributed by atoms with Gasteiger partial charge in [0.2, 0.25) is 0 Å². The number of carbonyl (C=O) groups excluding carboxylic acids is 1. The molecule has 0 spiro atoms. The van der Waals surface area contributed by atoms with E-state index in [-0.39, 0.29) is 19.1 Å². The molecule has 26 heavy (non-hydrogen) atoms. The molecule has 0 radical (unpaired) electrons. The second kappa shape index (κ2) is 10.2. The van der Waals surface area contributed by atoms with Crippen LogP contribution in [0.25, 0.3) is 0 Å². The molecule has 0 fully saturated rings. The lowest BCUT2D eigenvalue weighted by Crippen LogP contribution is -2.37. The number of alkyl carbamates (subject to hydrolysis) is 1. The zero-order valence-corrected chi connectivity index (χ0v) is 14.9. The Hall–Kier alpha value is -2.83. The fourth-order valence-corrected chi connectivity index (χ4v) is 2.65. The van der Waals surface area contributed by atoms with Gasteiger partial charge in [-0.05, 0) is 24.5 Å². The molecule has 0 aliphatic heterocycles. The van der Waals surface area contributed by atoms with E-state index in [9.17, 15) is 9.59 Å². The Morgan fingerprint density at radius 2 is 2.04 bits per heavy atom. The summed E-state index contributed by atoms with van der Waals surface area (Å²) in [6.07, 6.45) is 2.92. The van der Waals surface area contributed by atoms with Crippen LogP contribution in [0.15, 0.2) is 42.6 Å². The highest BCUT2D eigenvalue weighted by Crippen LogP contribution is 2.10. The fraction of sp³-hybridized carbons (Fsp3) is 0.421. The van der Waals surface area contributed by atoms with Gasteiger partial charge in [0, 0.05) is 37.3 Å². The van der Waals surface area contributed by atoms with Crippen LogP contribution in [0.2, 0.25) is 0 Å². The highest BCUT2D eigenvalue weighted by atomic mass is 16.5. The van der Waals surface area contributed by atoms with E-state index in [2.05, 4.69) is 17.3 Å². The van der Waals surface area contributed by atoms with Crippen molar-refractivity contribution in [3.8, 4) is 0 Å². The summed E-state index contributed by atoms with van der Waals surface area (Å²) in [5.74, 6) is -0.892. The summed E-state index contributed by atoms with van der Waals surface area (Å²) in [6.45, 7) is 3.02. The van der Waals surface area contributed by atoms with Gasteiger partial charge in [-0.2, -0.15) is 5.10 Å². The first-order valence-electron chi connectivity index (χ1n) is 8.78. The number of carbonyl (C=O) groups is 2. The smallest absolute Gasteiger partial charge is 0.407 e. The molecule has 2 rings (SSSR count). The number of nitrogens with one attached hydrogen (secondary N) is 1. The van der Waals surface area contributed by atoms with Gasteiger partial charge in [-0.1, -0.05) is 37.3 Å². The Bertz CT molecular complexity index is 700. The maximum Gasteiger partial charge on any atom is 0.407 e. The van der Waals surface area contributed by atoms with Crippen molar-refractivity contribution in [2.24, 2.45) is 0 Å². The predicted octanol–water partition coefficient (Wildman–Crippen LogP) is 3.00. The van der Waals surface area contributed by atoms with E-state index >= 15 is 0 Å². The molecule has 0 saturated heterocycles. The summed E-state index contributed by atoms with van der Waals surface area (Å²) >= 11 is 0. The van der Waals surface area contributed by atoms with Crippen molar-refractivity contribution in [1.82, 2.24) is 15.1 Å². The lowest BCUT2D eigenvalue weighted by atomic mass is 10.1. The Labute approximate surface area is 153 Å². The third-order valence-corrected chi connectivity index (χ3v) is 3.94. The van der Waals surface area contributed by atoms with Crippen LogP contribution in [0.5, 0.6) is 0 Å². The normalized spacial score (nSPS) is 11.7. The molecule has 1 amide bonds. The van der Waals surface area contributed by atoms with Gasteiger partial charge in [-0.15, -0.1) is 0 Å². The number of benzene rings is 1. The number of amides is 1. The zero-order valence-electron chi connectivity index (χ0n) is 14.9. The molecular weight excluding hydrogens is 334 g/mol. The van der Waals surface area contributed by atoms with Gasteiger partial charge in [-0.3, -0.25) is 9.48 Å². The Kier molecular flexibility index (Phi) is 7.67. The van der Waals surface area contributed by atoms with Crippen LogP contribution >= 0.6 is 0 Å². The fourth-order valence-electron chi connectivity index (χ4n) is 2.65. The van der Waals surface area contributed by atoms with E-state index in [4.69, 9.17) is 9.84 Å². The number of nitrogens with zero attached hydrogens (tertiary/aromatic N) is 2. The molecule has 0 aliphatic rings. The molecule has 1 heterocycles. The molecule has 2 N–H and O–H groups in total. The molecule has 140 valence electrons. The maximum absolute atomic E-state index is 12.1. The van der Waals surface area contributed by atoms with Crippen molar-refractivity contribution in [2.75, 3.05) is 0 Å². The highest BCUT2D eigenvalue weighted by Gasteiger charge is 2.17. The summed E-state index contributed by atoms with van der Waals surface area (Å²) in [5.41, 5.74) is 1.86. The molecule has 0 bridgehead atoms. The number of rotatable bonds is 10. The summed E-state index contributed by atoms with van der Waals surface area (Å²) in [5, 5.41) is 16.0. The predicted molar refractivity (Wildman–Crippen MR) is 96.6 cm³/mol. The SMILES string of the molecule is CCCn1nccc1CC(CCC(=O)O)NC(=O)OCc1ccccc1. The van der Waals surface area contributed by atoms with E-state index in [0.29, 0.717) is 12.8 Å². The first-order valence-corrected chi connectivity index (χ1v) is 8.78. The minimum Gasteiger partial charge on any atom is -0.481 e. The number of carboxylic acids is 1. The number of hydrogen-bond acceptors (Lipinski definition) is 4. The van der Waals surface area contributed by atoms with Gasteiger partial charge >= 0.3 is 12.1 Å². The third-order valence-electron chi connectivity index (χ3n) is 3.94. The van der Waals surface area contributed by atoms with E-state index in [0.717, 1.165) is 24.2 Å². The number of hydrogen-bond donors (Lipinski definition) is 2. The Morgan fingerprint density at radius 1 is 1.27 bits per heavy atom. The average molecular weight is 359 g/mol. The van der Waals surface area contributed by atoms with Gasteiger partial charge in [0.25, 0.3) is 0 Å². The first kappa shape index (κ1) is 19.5. The standard InChI is InChI=1S/C19H25N3O4/c1-2-12-22-17(10-11-20-22)13-16(8-9-18(23)24)21-19(25)26-14-15-6-4-3-5-7-15/h3-7,10-11,16H,2,8-9,12-14H2,1H3,(H,21,25)(H,23,24). The van der Waals surface area contributed by atoms with Gasteiger partial charge in [0.05, 0.1) is 0 Å². The number of carboxylic acid groups (broad SMARTS) is 1. The lowest BCUT2D eigenvalue weighted by molar-refractivity contribution is -0.137. The molecule has 0 saturated carbocycles. The van der Waals surface area contributed by atoms with Crippen LogP contribution in [0.3, 0.4) is 0 Å². The summed E-state index contributed by atoms with van der Waals surface area (Å²) in [6, 6.07) is 11.0. The van der Waals surface area contributed by atoms with Crippen LogP contribution in [0, 0.1) is 0 Å². The van der Waals surface area contributed by atoms with Crippen molar-refractivity contribution >= 4 is 12.1 Å². The minimum atomic E-state index is -0.892. The quantitative estimate of drug-likeness (QED) is 0.680. The summed E-state index contributed by atoms with van der Waals surface area (Å²) in [7, 11) is 0. The van der Waals surface area contributed by atoms with E-state index < -0.39 is 12.1 Å². The minimum absolute atomic E-state index is 0.0223. The number of aryl methyl sites for hydroxylation is 1. The van der Waals surface area contributed by atoms with Gasteiger partial charge < -0.3 is 15.2 Å². The number of aromatic nitrogens is 2. The summed E-state index contributed by atoms with van der Waals surface area (Å²) in [4.78, 5) is 23.0. The van der Waals surface area contributed by atoms with E-state index in [1.807, 2.05) is 41.1 Å².